The Morgan fingerprint density at radius 2 is 2.38 bits per heavy atom. The van der Waals surface area contributed by atoms with Crippen LogP contribution in [0.4, 0.5) is 4.79 Å². The third-order valence-electron chi connectivity index (χ3n) is 2.91. The zero-order valence-corrected chi connectivity index (χ0v) is 10.5. The molecule has 6 heteroatoms. The average molecular weight is 245 g/mol. The topological polar surface area (TPSA) is 76.4 Å². The minimum Gasteiger partial charge on any atom is -0.391 e. The quantitative estimate of drug-likeness (QED) is 0.631. The first-order chi connectivity index (χ1) is 7.48. The second-order valence-electron chi connectivity index (χ2n) is 4.21. The third kappa shape index (κ3) is 3.31. The van der Waals surface area contributed by atoms with E-state index in [4.69, 9.17) is 22.7 Å². The molecule has 92 valence electrons. The van der Waals surface area contributed by atoms with E-state index in [0.29, 0.717) is 24.6 Å². The second-order valence-corrected chi connectivity index (χ2v) is 4.65. The molecule has 4 N–H and O–H groups in total. The van der Waals surface area contributed by atoms with Gasteiger partial charge in [-0.15, -0.1) is 0 Å². The Bertz CT molecular complexity index is 279. The molecular formula is C10H19N3O2S. The lowest BCUT2D eigenvalue weighted by atomic mass is 9.99. The Morgan fingerprint density at radius 3 is 2.81 bits per heavy atom. The summed E-state index contributed by atoms with van der Waals surface area (Å²) in [7, 11) is 0. The summed E-state index contributed by atoms with van der Waals surface area (Å²) >= 11 is 4.94. The van der Waals surface area contributed by atoms with Gasteiger partial charge >= 0.3 is 6.03 Å². The number of amides is 2. The van der Waals surface area contributed by atoms with Crippen molar-refractivity contribution in [1.82, 2.24) is 10.6 Å². The highest BCUT2D eigenvalue weighted by atomic mass is 32.1. The highest BCUT2D eigenvalue weighted by Gasteiger charge is 2.28. The molecule has 16 heavy (non-hydrogen) atoms. The molecule has 2 atom stereocenters. The normalized spacial score (nSPS) is 23.5. The predicted molar refractivity (Wildman–Crippen MR) is 66.4 cm³/mol. The van der Waals surface area contributed by atoms with Crippen molar-refractivity contribution >= 4 is 23.2 Å². The van der Waals surface area contributed by atoms with Crippen molar-refractivity contribution in [3.63, 3.8) is 0 Å². The molecule has 0 spiro atoms. The van der Waals surface area contributed by atoms with Gasteiger partial charge in [0.1, 0.15) is 0 Å². The van der Waals surface area contributed by atoms with Crippen LogP contribution >= 0.6 is 12.2 Å². The second kappa shape index (κ2) is 5.45. The number of carbonyl (C=O) groups is 1. The van der Waals surface area contributed by atoms with Crippen molar-refractivity contribution in [2.45, 2.75) is 38.3 Å². The molecular weight excluding hydrogens is 226 g/mol. The van der Waals surface area contributed by atoms with E-state index in [9.17, 15) is 4.79 Å². The summed E-state index contributed by atoms with van der Waals surface area (Å²) in [6.07, 6.45) is 1.51. The Balaban J connectivity index is 2.45. The number of rotatable bonds is 4. The number of carbonyl (C=O) groups excluding carboxylic acids is 1. The van der Waals surface area contributed by atoms with Crippen LogP contribution in [0.5, 0.6) is 0 Å². The Hall–Kier alpha value is -0.880. The van der Waals surface area contributed by atoms with Gasteiger partial charge in [0.05, 0.1) is 23.2 Å². The molecule has 0 saturated carbocycles. The van der Waals surface area contributed by atoms with E-state index < -0.39 is 5.54 Å². The van der Waals surface area contributed by atoms with Gasteiger partial charge in [0.2, 0.25) is 0 Å². The number of thiocarbonyl (C=S) groups is 1. The Kier molecular flexibility index (Phi) is 4.49. The van der Waals surface area contributed by atoms with Crippen molar-refractivity contribution in [3.05, 3.63) is 0 Å². The van der Waals surface area contributed by atoms with Crippen molar-refractivity contribution in [2.24, 2.45) is 5.73 Å². The SMILES string of the molecule is CCC(C)(NC(=O)NC1CCOC1)C(N)=S. The Labute approximate surface area is 101 Å². The van der Waals surface area contributed by atoms with Gasteiger partial charge in [-0.05, 0) is 19.8 Å². The molecule has 0 aromatic rings. The zero-order valence-electron chi connectivity index (χ0n) is 9.71. The standard InChI is InChI=1S/C10H19N3O2S/c1-3-10(2,8(11)16)13-9(14)12-7-4-5-15-6-7/h7H,3-6H2,1-2H3,(H2,11,16)(H2,12,13,14). The number of hydrogen-bond acceptors (Lipinski definition) is 3. The molecule has 0 radical (unpaired) electrons. The van der Waals surface area contributed by atoms with Gasteiger partial charge in [-0.3, -0.25) is 0 Å². The first-order valence-corrected chi connectivity index (χ1v) is 5.85. The molecule has 1 aliphatic rings. The van der Waals surface area contributed by atoms with Gasteiger partial charge in [-0.25, -0.2) is 4.79 Å². The number of urea groups is 1. The first kappa shape index (κ1) is 13.2. The number of hydrogen-bond donors (Lipinski definition) is 3. The molecule has 0 aromatic heterocycles. The van der Waals surface area contributed by atoms with E-state index in [2.05, 4.69) is 10.6 Å². The third-order valence-corrected chi connectivity index (χ3v) is 3.36. The molecule has 2 unspecified atom stereocenters. The minimum absolute atomic E-state index is 0.0902. The average Bonchev–Trinajstić information content (AvgIpc) is 2.69. The van der Waals surface area contributed by atoms with E-state index in [1.165, 1.54) is 0 Å². The highest BCUT2D eigenvalue weighted by Crippen LogP contribution is 2.10. The van der Waals surface area contributed by atoms with Crippen LogP contribution in [-0.2, 0) is 4.74 Å². The first-order valence-electron chi connectivity index (χ1n) is 5.44. The molecule has 1 saturated heterocycles. The molecule has 1 rings (SSSR count). The molecule has 1 aliphatic heterocycles. The molecule has 2 amide bonds. The zero-order chi connectivity index (χ0) is 12.2. The van der Waals surface area contributed by atoms with Crippen molar-refractivity contribution < 1.29 is 9.53 Å². The molecule has 1 fully saturated rings. The van der Waals surface area contributed by atoms with E-state index in [0.717, 1.165) is 6.42 Å². The maximum absolute atomic E-state index is 11.7. The molecule has 0 aliphatic carbocycles. The maximum Gasteiger partial charge on any atom is 0.315 e. The lowest BCUT2D eigenvalue weighted by Crippen LogP contribution is -2.58. The van der Waals surface area contributed by atoms with E-state index >= 15 is 0 Å². The van der Waals surface area contributed by atoms with E-state index in [-0.39, 0.29) is 12.1 Å². The van der Waals surface area contributed by atoms with Gasteiger partial charge in [-0.1, -0.05) is 19.1 Å². The van der Waals surface area contributed by atoms with Crippen LogP contribution in [0.15, 0.2) is 0 Å². The van der Waals surface area contributed by atoms with Crippen LogP contribution in [0, 0.1) is 0 Å². The lowest BCUT2D eigenvalue weighted by Gasteiger charge is -2.29. The van der Waals surface area contributed by atoms with Crippen LogP contribution in [0.3, 0.4) is 0 Å². The van der Waals surface area contributed by atoms with Crippen LogP contribution in [-0.4, -0.2) is 35.8 Å². The summed E-state index contributed by atoms with van der Waals surface area (Å²) < 4.78 is 5.17. The van der Waals surface area contributed by atoms with E-state index in [1.54, 1.807) is 0 Å². The maximum atomic E-state index is 11.7. The summed E-state index contributed by atoms with van der Waals surface area (Å²) in [5.74, 6) is 0. The Morgan fingerprint density at radius 1 is 1.69 bits per heavy atom. The summed E-state index contributed by atoms with van der Waals surface area (Å²) in [5.41, 5.74) is 4.98. The number of nitrogens with one attached hydrogen (secondary N) is 2. The summed E-state index contributed by atoms with van der Waals surface area (Å²) in [6, 6.07) is -0.153. The van der Waals surface area contributed by atoms with Crippen molar-refractivity contribution in [3.8, 4) is 0 Å². The van der Waals surface area contributed by atoms with Gasteiger partial charge < -0.3 is 21.1 Å². The fourth-order valence-corrected chi connectivity index (χ4v) is 1.64. The monoisotopic (exact) mass is 245 g/mol. The van der Waals surface area contributed by atoms with E-state index in [1.807, 2.05) is 13.8 Å². The molecule has 1 heterocycles. The largest absolute Gasteiger partial charge is 0.391 e. The minimum atomic E-state index is -0.626. The van der Waals surface area contributed by atoms with Crippen LogP contribution in [0.2, 0.25) is 0 Å². The van der Waals surface area contributed by atoms with Crippen LogP contribution < -0.4 is 16.4 Å². The van der Waals surface area contributed by atoms with Gasteiger partial charge in [0.25, 0.3) is 0 Å². The molecule has 0 aromatic carbocycles. The van der Waals surface area contributed by atoms with Gasteiger partial charge in [0, 0.05) is 6.61 Å². The molecule has 5 nitrogen and oxygen atoms in total. The predicted octanol–water partition coefficient (Wildman–Crippen LogP) is 0.529. The summed E-state index contributed by atoms with van der Waals surface area (Å²) in [5, 5.41) is 5.63. The number of ether oxygens (including phenoxy) is 1. The molecule has 0 bridgehead atoms. The summed E-state index contributed by atoms with van der Waals surface area (Å²) in [6.45, 7) is 5.02. The number of nitrogens with two attached hydrogens (primary N) is 1. The fourth-order valence-electron chi connectivity index (χ4n) is 1.44. The van der Waals surface area contributed by atoms with Crippen molar-refractivity contribution in [1.29, 1.82) is 0 Å². The van der Waals surface area contributed by atoms with Gasteiger partial charge in [0.15, 0.2) is 0 Å². The smallest absolute Gasteiger partial charge is 0.315 e. The van der Waals surface area contributed by atoms with Crippen molar-refractivity contribution in [2.75, 3.05) is 13.2 Å². The van der Waals surface area contributed by atoms with Crippen LogP contribution in [0.1, 0.15) is 26.7 Å². The summed E-state index contributed by atoms with van der Waals surface area (Å²) in [4.78, 5) is 12.0. The highest BCUT2D eigenvalue weighted by molar-refractivity contribution is 7.80. The fraction of sp³-hybridized carbons (Fsp3) is 0.800. The van der Waals surface area contributed by atoms with Gasteiger partial charge in [-0.2, -0.15) is 0 Å². The van der Waals surface area contributed by atoms with Crippen LogP contribution in [0.25, 0.3) is 0 Å². The lowest BCUT2D eigenvalue weighted by molar-refractivity contribution is 0.187.